The van der Waals surface area contributed by atoms with Crippen molar-refractivity contribution in [1.29, 1.82) is 0 Å². The van der Waals surface area contributed by atoms with Crippen molar-refractivity contribution in [3.05, 3.63) is 0 Å². The number of aliphatic hydroxyl groups excluding tert-OH is 3. The van der Waals surface area contributed by atoms with E-state index in [1.807, 2.05) is 6.92 Å². The van der Waals surface area contributed by atoms with E-state index in [0.717, 1.165) is 12.8 Å². The molecule has 140 valence electrons. The number of hydrogen-bond acceptors (Lipinski definition) is 4. The Kier molecular flexibility index (Phi) is 18.9. The first-order chi connectivity index (χ1) is 11.0. The van der Waals surface area contributed by atoms with Gasteiger partial charge in [0.05, 0.1) is 19.8 Å². The van der Waals surface area contributed by atoms with E-state index in [4.69, 9.17) is 20.4 Å². The Labute approximate surface area is 141 Å². The van der Waals surface area contributed by atoms with Gasteiger partial charge in [-0.15, -0.1) is 0 Å². The molecule has 0 heterocycles. The quantitative estimate of drug-likeness (QED) is 0.365. The normalized spacial score (nSPS) is 11.0. The van der Waals surface area contributed by atoms with Crippen molar-refractivity contribution in [2.24, 2.45) is 5.41 Å². The molecule has 0 aliphatic carbocycles. The van der Waals surface area contributed by atoms with E-state index >= 15 is 0 Å². The molecule has 0 rings (SSSR count). The Morgan fingerprint density at radius 1 is 0.739 bits per heavy atom. The minimum atomic E-state index is -0.667. The van der Waals surface area contributed by atoms with Gasteiger partial charge in [-0.05, 0) is 12.8 Å². The van der Waals surface area contributed by atoms with Crippen molar-refractivity contribution >= 4 is 5.97 Å². The van der Waals surface area contributed by atoms with Crippen molar-refractivity contribution in [2.45, 2.75) is 84.5 Å². The Hall–Kier alpha value is -0.650. The third-order valence-corrected chi connectivity index (χ3v) is 4.25. The van der Waals surface area contributed by atoms with Gasteiger partial charge >= 0.3 is 5.97 Å². The van der Waals surface area contributed by atoms with Gasteiger partial charge in [-0.2, -0.15) is 0 Å². The number of carboxylic acid groups (broad SMARTS) is 1. The lowest BCUT2D eigenvalue weighted by atomic mass is 9.88. The maximum absolute atomic E-state index is 10.2. The molecule has 0 amide bonds. The summed E-state index contributed by atoms with van der Waals surface area (Å²) in [5.41, 5.74) is -0.667. The summed E-state index contributed by atoms with van der Waals surface area (Å²) in [6.45, 7) is 3.58. The number of hydrogen-bond donors (Lipinski definition) is 4. The van der Waals surface area contributed by atoms with Crippen LogP contribution in [-0.2, 0) is 4.79 Å². The van der Waals surface area contributed by atoms with Gasteiger partial charge in [0.1, 0.15) is 0 Å². The van der Waals surface area contributed by atoms with Crippen molar-refractivity contribution in [3.8, 4) is 0 Å². The summed E-state index contributed by atoms with van der Waals surface area (Å²) in [6.07, 6.45) is 12.1. The molecule has 0 atom stereocenters. The molecule has 0 fully saturated rings. The van der Waals surface area contributed by atoms with Crippen LogP contribution in [0.15, 0.2) is 0 Å². The fraction of sp³-hybridized carbons (Fsp3) is 0.944. The molecule has 0 saturated heterocycles. The van der Waals surface area contributed by atoms with Gasteiger partial charge in [-0.3, -0.25) is 4.79 Å². The van der Waals surface area contributed by atoms with Gasteiger partial charge in [-0.25, -0.2) is 0 Å². The zero-order valence-electron chi connectivity index (χ0n) is 15.1. The van der Waals surface area contributed by atoms with E-state index in [2.05, 4.69) is 6.92 Å². The molecule has 0 radical (unpaired) electrons. The van der Waals surface area contributed by atoms with Crippen molar-refractivity contribution in [2.75, 3.05) is 19.8 Å². The largest absolute Gasteiger partial charge is 0.481 e. The molecule has 0 unspecified atom stereocenters. The molecule has 5 nitrogen and oxygen atoms in total. The van der Waals surface area contributed by atoms with E-state index in [1.165, 1.54) is 44.9 Å². The first-order valence-corrected chi connectivity index (χ1v) is 9.06. The van der Waals surface area contributed by atoms with Gasteiger partial charge in [0.15, 0.2) is 0 Å². The lowest BCUT2D eigenvalue weighted by Crippen LogP contribution is -2.32. The van der Waals surface area contributed by atoms with Crippen molar-refractivity contribution < 1.29 is 25.2 Å². The van der Waals surface area contributed by atoms with Gasteiger partial charge < -0.3 is 20.4 Å². The lowest BCUT2D eigenvalue weighted by Gasteiger charge is -2.24. The number of carbonyl (C=O) groups is 1. The standard InChI is InChI=1S/C12H24O2.C6H14O3/c1-2-3-4-5-6-7-8-9-10-11-12(13)14;1-2-6(3-7,4-8)5-9/h2-11H2,1H3,(H,13,14);7-9H,2-5H2,1H3. The van der Waals surface area contributed by atoms with Gasteiger partial charge in [0.25, 0.3) is 0 Å². The number of rotatable bonds is 14. The summed E-state index contributed by atoms with van der Waals surface area (Å²) in [6, 6.07) is 0. The van der Waals surface area contributed by atoms with Gasteiger partial charge in [-0.1, -0.05) is 65.2 Å². The molecule has 0 aromatic rings. The monoisotopic (exact) mass is 334 g/mol. The van der Waals surface area contributed by atoms with Gasteiger partial charge in [0, 0.05) is 11.8 Å². The summed E-state index contributed by atoms with van der Waals surface area (Å²) in [4.78, 5) is 10.2. The maximum Gasteiger partial charge on any atom is 0.303 e. The summed E-state index contributed by atoms with van der Waals surface area (Å²) < 4.78 is 0. The third-order valence-electron chi connectivity index (χ3n) is 4.25. The molecule has 4 N–H and O–H groups in total. The Bertz CT molecular complexity index is 234. The second kappa shape index (κ2) is 17.7. The predicted molar refractivity (Wildman–Crippen MR) is 93.5 cm³/mol. The summed E-state index contributed by atoms with van der Waals surface area (Å²) in [5.74, 6) is -0.659. The molecular formula is C18H38O5. The Morgan fingerprint density at radius 2 is 1.13 bits per heavy atom. The van der Waals surface area contributed by atoms with Crippen LogP contribution in [0, 0.1) is 5.41 Å². The number of carboxylic acids is 1. The first-order valence-electron chi connectivity index (χ1n) is 9.06. The average Bonchev–Trinajstić information content (AvgIpc) is 2.56. The summed E-state index contributed by atoms with van der Waals surface area (Å²) in [7, 11) is 0. The molecule has 0 aromatic carbocycles. The molecule has 0 aromatic heterocycles. The fourth-order valence-electron chi connectivity index (χ4n) is 2.07. The molecule has 0 saturated carbocycles. The zero-order chi connectivity index (χ0) is 18.0. The van der Waals surface area contributed by atoms with Crippen molar-refractivity contribution in [1.82, 2.24) is 0 Å². The molecule has 5 heteroatoms. The summed E-state index contributed by atoms with van der Waals surface area (Å²) >= 11 is 0. The average molecular weight is 334 g/mol. The molecular weight excluding hydrogens is 296 g/mol. The highest BCUT2D eigenvalue weighted by Gasteiger charge is 2.24. The fourth-order valence-corrected chi connectivity index (χ4v) is 2.07. The van der Waals surface area contributed by atoms with Crippen LogP contribution in [0.25, 0.3) is 0 Å². The van der Waals surface area contributed by atoms with Crippen LogP contribution < -0.4 is 0 Å². The maximum atomic E-state index is 10.2. The second-order valence-electron chi connectivity index (χ2n) is 6.30. The van der Waals surface area contributed by atoms with E-state index in [0.29, 0.717) is 12.8 Å². The zero-order valence-corrected chi connectivity index (χ0v) is 15.1. The van der Waals surface area contributed by atoms with E-state index in [-0.39, 0.29) is 19.8 Å². The minimum Gasteiger partial charge on any atom is -0.481 e. The predicted octanol–water partition coefficient (Wildman–Crippen LogP) is 3.35. The molecule has 0 aliphatic rings. The second-order valence-corrected chi connectivity index (χ2v) is 6.30. The Morgan fingerprint density at radius 3 is 1.39 bits per heavy atom. The van der Waals surface area contributed by atoms with Crippen molar-refractivity contribution in [3.63, 3.8) is 0 Å². The summed E-state index contributed by atoms with van der Waals surface area (Å²) in [5, 5.41) is 34.4. The highest BCUT2D eigenvalue weighted by Crippen LogP contribution is 2.18. The highest BCUT2D eigenvalue weighted by molar-refractivity contribution is 5.66. The Balaban J connectivity index is 0. The molecule has 0 spiro atoms. The molecule has 0 bridgehead atoms. The van der Waals surface area contributed by atoms with Crippen LogP contribution in [0.2, 0.25) is 0 Å². The van der Waals surface area contributed by atoms with Gasteiger partial charge in [0.2, 0.25) is 0 Å². The number of aliphatic carboxylic acids is 1. The minimum absolute atomic E-state index is 0.156. The topological polar surface area (TPSA) is 98.0 Å². The van der Waals surface area contributed by atoms with E-state index in [9.17, 15) is 4.79 Å². The number of unbranched alkanes of at least 4 members (excludes halogenated alkanes) is 8. The van der Waals surface area contributed by atoms with E-state index in [1.54, 1.807) is 0 Å². The van der Waals surface area contributed by atoms with E-state index < -0.39 is 11.4 Å². The molecule has 23 heavy (non-hydrogen) atoms. The smallest absolute Gasteiger partial charge is 0.303 e. The van der Waals surface area contributed by atoms with Crippen LogP contribution in [-0.4, -0.2) is 46.2 Å². The first kappa shape index (κ1) is 24.6. The lowest BCUT2D eigenvalue weighted by molar-refractivity contribution is -0.137. The van der Waals surface area contributed by atoms with Crippen LogP contribution in [0.3, 0.4) is 0 Å². The van der Waals surface area contributed by atoms with Crippen LogP contribution in [0.5, 0.6) is 0 Å². The number of aliphatic hydroxyl groups is 3. The van der Waals surface area contributed by atoms with Crippen LogP contribution >= 0.6 is 0 Å². The highest BCUT2D eigenvalue weighted by atomic mass is 16.4. The van der Waals surface area contributed by atoms with Crippen LogP contribution in [0.4, 0.5) is 0 Å². The molecule has 0 aliphatic heterocycles. The third kappa shape index (κ3) is 16.0. The van der Waals surface area contributed by atoms with Crippen LogP contribution in [0.1, 0.15) is 84.5 Å². The SMILES string of the molecule is CCC(CO)(CO)CO.CCCCCCCCCCCC(=O)O.